The zero-order valence-electron chi connectivity index (χ0n) is 10.9. The first-order chi connectivity index (χ1) is 7.87. The molecular weight excluding hydrogens is 192 g/mol. The van der Waals surface area contributed by atoms with Crippen molar-refractivity contribution < 1.29 is 0 Å². The molecule has 0 atom stereocenters. The van der Waals surface area contributed by atoms with Gasteiger partial charge >= 0.3 is 0 Å². The van der Waals surface area contributed by atoms with Crippen molar-refractivity contribution in [1.29, 1.82) is 0 Å². The molecule has 0 saturated heterocycles. The minimum absolute atomic E-state index is 0.501. The average Bonchev–Trinajstić information content (AvgIpc) is 2.72. The first kappa shape index (κ1) is 12.2. The van der Waals surface area contributed by atoms with E-state index in [1.807, 2.05) is 0 Å². The van der Waals surface area contributed by atoms with E-state index in [1.165, 1.54) is 70.6 Å². The monoisotopic (exact) mass is 219 g/mol. The number of allylic oxidation sites excluding steroid dienone is 2. The second-order valence-corrected chi connectivity index (χ2v) is 5.69. The second kappa shape index (κ2) is 5.89. The third-order valence-corrected chi connectivity index (χ3v) is 4.73. The molecule has 0 amide bonds. The van der Waals surface area contributed by atoms with Crippen LogP contribution in [0.4, 0.5) is 0 Å². The van der Waals surface area contributed by atoms with Crippen LogP contribution in [-0.2, 0) is 0 Å². The van der Waals surface area contributed by atoms with E-state index < -0.39 is 0 Å². The highest BCUT2D eigenvalue weighted by Gasteiger charge is 2.32. The summed E-state index contributed by atoms with van der Waals surface area (Å²) in [6.07, 6.45) is 20.8. The lowest BCUT2D eigenvalue weighted by atomic mass is 9.70. The molecule has 1 saturated carbocycles. The molecule has 1 fully saturated rings. The van der Waals surface area contributed by atoms with Gasteiger partial charge in [0, 0.05) is 0 Å². The van der Waals surface area contributed by atoms with Crippen molar-refractivity contribution in [2.45, 2.75) is 77.6 Å². The van der Waals surface area contributed by atoms with Crippen molar-refractivity contribution in [3.63, 3.8) is 0 Å². The first-order valence-electron chi connectivity index (χ1n) is 7.37. The fourth-order valence-electron chi connectivity index (χ4n) is 3.62. The molecule has 0 aromatic carbocycles. The predicted octanol–water partition coefficient (Wildman–Crippen LogP) is 5.44. The van der Waals surface area contributed by atoms with Crippen molar-refractivity contribution in [1.82, 2.24) is 0 Å². The Morgan fingerprint density at radius 3 is 2.31 bits per heavy atom. The Hall–Kier alpha value is -0.260. The minimum atomic E-state index is 0.501. The van der Waals surface area contributed by atoms with E-state index in [0.717, 1.165) is 0 Å². The van der Waals surface area contributed by atoms with Crippen molar-refractivity contribution in [3.05, 3.63) is 18.1 Å². The topological polar surface area (TPSA) is 0 Å². The van der Waals surface area contributed by atoms with Crippen LogP contribution < -0.4 is 0 Å². The van der Waals surface area contributed by atoms with Crippen LogP contribution in [0.25, 0.3) is 0 Å². The third kappa shape index (κ3) is 2.70. The summed E-state index contributed by atoms with van der Waals surface area (Å²) in [6, 6.07) is 0. The largest absolute Gasteiger partial charge is 0.0848 e. The van der Waals surface area contributed by atoms with E-state index in [4.69, 9.17) is 0 Å². The molecular formula is C16H27. The molecule has 0 nitrogen and oxygen atoms in total. The van der Waals surface area contributed by atoms with Gasteiger partial charge in [-0.2, -0.15) is 0 Å². The van der Waals surface area contributed by atoms with Crippen LogP contribution in [0, 0.1) is 11.8 Å². The lowest BCUT2D eigenvalue weighted by Crippen LogP contribution is -2.22. The van der Waals surface area contributed by atoms with Crippen LogP contribution in [0.1, 0.15) is 77.6 Å². The molecule has 2 aliphatic carbocycles. The van der Waals surface area contributed by atoms with Gasteiger partial charge in [0.25, 0.3) is 0 Å². The highest BCUT2D eigenvalue weighted by atomic mass is 14.4. The van der Waals surface area contributed by atoms with E-state index in [1.54, 1.807) is 5.57 Å². The summed E-state index contributed by atoms with van der Waals surface area (Å²) in [5.74, 6) is 0. The zero-order chi connectivity index (χ0) is 11.3. The van der Waals surface area contributed by atoms with Crippen molar-refractivity contribution in [2.75, 3.05) is 0 Å². The van der Waals surface area contributed by atoms with Crippen molar-refractivity contribution in [2.24, 2.45) is 5.41 Å². The Labute approximate surface area is 102 Å². The van der Waals surface area contributed by atoms with E-state index in [-0.39, 0.29) is 0 Å². The average molecular weight is 219 g/mol. The fraction of sp³-hybridized carbons (Fsp3) is 0.812. The van der Waals surface area contributed by atoms with Crippen LogP contribution in [-0.4, -0.2) is 0 Å². The Kier molecular flexibility index (Phi) is 4.49. The number of rotatable bonds is 2. The van der Waals surface area contributed by atoms with Crippen LogP contribution in [0.3, 0.4) is 0 Å². The van der Waals surface area contributed by atoms with Crippen molar-refractivity contribution >= 4 is 0 Å². The van der Waals surface area contributed by atoms with Crippen LogP contribution in [0.15, 0.2) is 11.6 Å². The Balaban J connectivity index is 2.13. The first-order valence-corrected chi connectivity index (χ1v) is 7.37. The Bertz CT molecular complexity index is 228. The number of hydrogen-bond donors (Lipinski definition) is 0. The van der Waals surface area contributed by atoms with Crippen LogP contribution >= 0.6 is 0 Å². The molecule has 0 unspecified atom stereocenters. The predicted molar refractivity (Wildman–Crippen MR) is 71.3 cm³/mol. The maximum atomic E-state index is 2.60. The number of hydrogen-bond acceptors (Lipinski definition) is 0. The molecule has 0 N–H and O–H groups in total. The van der Waals surface area contributed by atoms with E-state index in [9.17, 15) is 0 Å². The van der Waals surface area contributed by atoms with Gasteiger partial charge in [-0.1, -0.05) is 50.7 Å². The van der Waals surface area contributed by atoms with Gasteiger partial charge in [0.15, 0.2) is 0 Å². The quantitative estimate of drug-likeness (QED) is 0.428. The van der Waals surface area contributed by atoms with E-state index >= 15 is 0 Å². The molecule has 0 heterocycles. The summed E-state index contributed by atoms with van der Waals surface area (Å²) in [6.45, 7) is 2.30. The van der Waals surface area contributed by atoms with Crippen molar-refractivity contribution in [3.8, 4) is 0 Å². The summed E-state index contributed by atoms with van der Waals surface area (Å²) in [7, 11) is 0. The Morgan fingerprint density at radius 1 is 0.938 bits per heavy atom. The van der Waals surface area contributed by atoms with Crippen LogP contribution in [0.2, 0.25) is 0 Å². The third-order valence-electron chi connectivity index (χ3n) is 4.73. The maximum Gasteiger partial charge on any atom is -0.00596 e. The zero-order valence-corrected chi connectivity index (χ0v) is 10.9. The van der Waals surface area contributed by atoms with Gasteiger partial charge < -0.3 is 0 Å². The molecule has 0 aromatic rings. The Morgan fingerprint density at radius 2 is 1.62 bits per heavy atom. The van der Waals surface area contributed by atoms with Gasteiger partial charge in [-0.3, -0.25) is 0 Å². The minimum Gasteiger partial charge on any atom is -0.0848 e. The van der Waals surface area contributed by atoms with Gasteiger partial charge in [0.1, 0.15) is 0 Å². The SMILES string of the molecule is C[CH]C1(C2=CCCCCC2)CCCCCC1. The molecule has 0 heteroatoms. The summed E-state index contributed by atoms with van der Waals surface area (Å²) in [5, 5.41) is 0. The summed E-state index contributed by atoms with van der Waals surface area (Å²) >= 11 is 0. The van der Waals surface area contributed by atoms with Crippen LogP contribution in [0.5, 0.6) is 0 Å². The van der Waals surface area contributed by atoms with Gasteiger partial charge in [0.05, 0.1) is 0 Å². The molecule has 2 rings (SSSR count). The summed E-state index contributed by atoms with van der Waals surface area (Å²) in [4.78, 5) is 0. The summed E-state index contributed by atoms with van der Waals surface area (Å²) in [5.41, 5.74) is 2.30. The lowest BCUT2D eigenvalue weighted by molar-refractivity contribution is 0.351. The molecule has 0 bridgehead atoms. The molecule has 16 heavy (non-hydrogen) atoms. The fourth-order valence-corrected chi connectivity index (χ4v) is 3.62. The molecule has 91 valence electrons. The highest BCUT2D eigenvalue weighted by molar-refractivity contribution is 5.20. The second-order valence-electron chi connectivity index (χ2n) is 5.69. The maximum absolute atomic E-state index is 2.60. The highest BCUT2D eigenvalue weighted by Crippen LogP contribution is 2.46. The smallest absolute Gasteiger partial charge is 0.00596 e. The van der Waals surface area contributed by atoms with E-state index in [2.05, 4.69) is 19.4 Å². The normalized spacial score (nSPS) is 26.7. The standard InChI is InChI=1S/C16H27/c1-2-16(13-9-5-6-10-14-16)15-11-7-3-4-8-12-15/h2,11H,3-10,12-14H2,1H3. The van der Waals surface area contributed by atoms with Gasteiger partial charge in [-0.05, 0) is 50.4 Å². The summed E-state index contributed by atoms with van der Waals surface area (Å²) < 4.78 is 0. The van der Waals surface area contributed by atoms with Gasteiger partial charge in [0.2, 0.25) is 0 Å². The lowest BCUT2D eigenvalue weighted by Gasteiger charge is -2.34. The molecule has 1 radical (unpaired) electrons. The molecule has 0 aromatic heterocycles. The molecule has 2 aliphatic rings. The molecule has 0 spiro atoms. The molecule has 0 aliphatic heterocycles. The van der Waals surface area contributed by atoms with Gasteiger partial charge in [-0.15, -0.1) is 0 Å². The van der Waals surface area contributed by atoms with Gasteiger partial charge in [-0.25, -0.2) is 0 Å². The van der Waals surface area contributed by atoms with E-state index in [0.29, 0.717) is 5.41 Å².